The van der Waals surface area contributed by atoms with E-state index in [1.54, 1.807) is 7.05 Å². The second kappa shape index (κ2) is 15.5. The van der Waals surface area contributed by atoms with Crippen molar-refractivity contribution in [2.45, 2.75) is 70.9 Å². The molecule has 1 saturated carbocycles. The van der Waals surface area contributed by atoms with Crippen molar-refractivity contribution < 1.29 is 9.53 Å². The van der Waals surface area contributed by atoms with Gasteiger partial charge in [-0.25, -0.2) is 0 Å². The predicted molar refractivity (Wildman–Crippen MR) is 131 cm³/mol. The molecule has 1 aromatic carbocycles. The molecule has 0 aliphatic heterocycles. The fourth-order valence-electron chi connectivity index (χ4n) is 3.42. The van der Waals surface area contributed by atoms with Gasteiger partial charge in [0, 0.05) is 32.2 Å². The molecule has 0 unspecified atom stereocenters. The lowest BCUT2D eigenvalue weighted by atomic mass is 10.1. The molecule has 164 valence electrons. The second-order valence-electron chi connectivity index (χ2n) is 7.34. The second-order valence-corrected chi connectivity index (χ2v) is 7.34. The minimum Gasteiger partial charge on any atom is -0.376 e. The summed E-state index contributed by atoms with van der Waals surface area (Å²) in [6.07, 6.45) is 9.47. The van der Waals surface area contributed by atoms with Crippen molar-refractivity contribution in [3.63, 3.8) is 0 Å². The molecule has 0 aromatic heterocycles. The van der Waals surface area contributed by atoms with Crippen LogP contribution in [0.1, 0.15) is 63.9 Å². The highest BCUT2D eigenvalue weighted by molar-refractivity contribution is 14.0. The molecule has 1 aliphatic carbocycles. The SMILES string of the molecule is CCCC(=O)Nc1cccc(CNC(=NC)NCCOC2CCCCCC2)c1.I. The zero-order valence-electron chi connectivity index (χ0n) is 17.8. The zero-order chi connectivity index (χ0) is 20.0. The number of anilines is 1. The molecule has 0 radical (unpaired) electrons. The molecule has 29 heavy (non-hydrogen) atoms. The maximum absolute atomic E-state index is 11.7. The highest BCUT2D eigenvalue weighted by Gasteiger charge is 2.12. The monoisotopic (exact) mass is 516 g/mol. The van der Waals surface area contributed by atoms with E-state index in [-0.39, 0.29) is 29.9 Å². The van der Waals surface area contributed by atoms with E-state index in [0.29, 0.717) is 25.7 Å². The van der Waals surface area contributed by atoms with Crippen molar-refractivity contribution in [2.75, 3.05) is 25.5 Å². The molecule has 0 bridgehead atoms. The van der Waals surface area contributed by atoms with Crippen molar-refractivity contribution in [1.29, 1.82) is 0 Å². The molecule has 0 spiro atoms. The minimum absolute atomic E-state index is 0. The van der Waals surface area contributed by atoms with Crippen LogP contribution in [0.3, 0.4) is 0 Å². The van der Waals surface area contributed by atoms with Crippen molar-refractivity contribution in [1.82, 2.24) is 10.6 Å². The smallest absolute Gasteiger partial charge is 0.224 e. The Bertz CT molecular complexity index is 617. The molecule has 0 atom stereocenters. The molecule has 1 fully saturated rings. The van der Waals surface area contributed by atoms with E-state index in [4.69, 9.17) is 4.74 Å². The van der Waals surface area contributed by atoms with Gasteiger partial charge in [-0.05, 0) is 37.0 Å². The van der Waals surface area contributed by atoms with Gasteiger partial charge in [0.25, 0.3) is 0 Å². The number of hydrogen-bond acceptors (Lipinski definition) is 3. The summed E-state index contributed by atoms with van der Waals surface area (Å²) in [4.78, 5) is 16.0. The van der Waals surface area contributed by atoms with Crippen LogP contribution in [0.2, 0.25) is 0 Å². The summed E-state index contributed by atoms with van der Waals surface area (Å²) < 4.78 is 6.01. The van der Waals surface area contributed by atoms with Crippen LogP contribution in [-0.4, -0.2) is 38.2 Å². The molecule has 6 nitrogen and oxygen atoms in total. The van der Waals surface area contributed by atoms with Crippen LogP contribution < -0.4 is 16.0 Å². The fraction of sp³-hybridized carbons (Fsp3) is 0.636. The number of hydrogen-bond donors (Lipinski definition) is 3. The Morgan fingerprint density at radius 3 is 2.62 bits per heavy atom. The number of nitrogens with one attached hydrogen (secondary N) is 3. The highest BCUT2D eigenvalue weighted by atomic mass is 127. The number of benzene rings is 1. The largest absolute Gasteiger partial charge is 0.376 e. The maximum Gasteiger partial charge on any atom is 0.224 e. The number of aliphatic imine (C=N–C) groups is 1. The van der Waals surface area contributed by atoms with Crippen LogP contribution in [0, 0.1) is 0 Å². The van der Waals surface area contributed by atoms with Crippen molar-refractivity contribution >= 4 is 41.5 Å². The van der Waals surface area contributed by atoms with E-state index in [9.17, 15) is 4.79 Å². The van der Waals surface area contributed by atoms with Crippen LogP contribution in [0.25, 0.3) is 0 Å². The number of carbonyl (C=O) groups excluding carboxylic acids is 1. The average molecular weight is 516 g/mol. The first-order valence-electron chi connectivity index (χ1n) is 10.7. The number of guanidine groups is 1. The quantitative estimate of drug-likeness (QED) is 0.149. The third-order valence-electron chi connectivity index (χ3n) is 4.92. The van der Waals surface area contributed by atoms with E-state index in [1.807, 2.05) is 31.2 Å². The van der Waals surface area contributed by atoms with Gasteiger partial charge >= 0.3 is 0 Å². The molecule has 1 aliphatic rings. The van der Waals surface area contributed by atoms with Gasteiger partial charge in [0.1, 0.15) is 0 Å². The Balaban J connectivity index is 0.00000420. The minimum atomic E-state index is 0. The number of ether oxygens (including phenoxy) is 1. The Morgan fingerprint density at radius 1 is 1.17 bits per heavy atom. The lowest BCUT2D eigenvalue weighted by Crippen LogP contribution is -2.38. The Hall–Kier alpha value is -1.35. The molecular formula is C22H37IN4O2. The van der Waals surface area contributed by atoms with E-state index >= 15 is 0 Å². The molecular weight excluding hydrogens is 479 g/mol. The molecule has 2 rings (SSSR count). The summed E-state index contributed by atoms with van der Waals surface area (Å²) in [5.41, 5.74) is 1.92. The van der Waals surface area contributed by atoms with E-state index in [2.05, 4.69) is 20.9 Å². The highest BCUT2D eigenvalue weighted by Crippen LogP contribution is 2.19. The van der Waals surface area contributed by atoms with Crippen LogP contribution in [-0.2, 0) is 16.1 Å². The van der Waals surface area contributed by atoms with Crippen LogP contribution >= 0.6 is 24.0 Å². The fourth-order valence-corrected chi connectivity index (χ4v) is 3.42. The topological polar surface area (TPSA) is 74.8 Å². The Morgan fingerprint density at radius 2 is 1.93 bits per heavy atom. The van der Waals surface area contributed by atoms with Crippen LogP contribution in [0.15, 0.2) is 29.3 Å². The molecule has 3 N–H and O–H groups in total. The predicted octanol–water partition coefficient (Wildman–Crippen LogP) is 4.45. The van der Waals surface area contributed by atoms with Gasteiger partial charge in [-0.2, -0.15) is 0 Å². The Labute approximate surface area is 192 Å². The van der Waals surface area contributed by atoms with Crippen LogP contribution in [0.4, 0.5) is 5.69 Å². The summed E-state index contributed by atoms with van der Waals surface area (Å²) in [5.74, 6) is 0.809. The van der Waals surface area contributed by atoms with Gasteiger partial charge in [-0.3, -0.25) is 9.79 Å². The van der Waals surface area contributed by atoms with E-state index in [1.165, 1.54) is 38.5 Å². The third-order valence-corrected chi connectivity index (χ3v) is 4.92. The third kappa shape index (κ3) is 10.8. The van der Waals surface area contributed by atoms with Gasteiger partial charge in [0.15, 0.2) is 5.96 Å². The first-order valence-corrected chi connectivity index (χ1v) is 10.7. The standard InChI is InChI=1S/C22H36N4O2.HI/c1-3-9-21(27)26-19-11-8-10-18(16-19)17-25-22(23-2)24-14-15-28-20-12-6-4-5-7-13-20;/h8,10-11,16,20H,3-7,9,12-15,17H2,1-2H3,(H,26,27)(H2,23,24,25);1H. The first kappa shape index (κ1) is 25.7. The molecule has 1 aromatic rings. The van der Waals surface area contributed by atoms with E-state index in [0.717, 1.165) is 30.2 Å². The average Bonchev–Trinajstić information content (AvgIpc) is 2.97. The number of halogens is 1. The lowest BCUT2D eigenvalue weighted by molar-refractivity contribution is -0.116. The van der Waals surface area contributed by atoms with Crippen molar-refractivity contribution in [3.05, 3.63) is 29.8 Å². The molecule has 7 heteroatoms. The number of carbonyl (C=O) groups is 1. The summed E-state index contributed by atoms with van der Waals surface area (Å²) in [6.45, 7) is 4.08. The van der Waals surface area contributed by atoms with Gasteiger partial charge < -0.3 is 20.7 Å². The van der Waals surface area contributed by atoms with Gasteiger partial charge in [-0.15, -0.1) is 24.0 Å². The maximum atomic E-state index is 11.7. The normalized spacial score (nSPS) is 15.2. The van der Waals surface area contributed by atoms with Gasteiger partial charge in [0.05, 0.1) is 12.7 Å². The number of amides is 1. The zero-order valence-corrected chi connectivity index (χ0v) is 20.2. The number of nitrogens with zero attached hydrogens (tertiary/aromatic N) is 1. The molecule has 0 heterocycles. The summed E-state index contributed by atoms with van der Waals surface area (Å²) in [6, 6.07) is 7.89. The summed E-state index contributed by atoms with van der Waals surface area (Å²) in [5, 5.41) is 9.55. The van der Waals surface area contributed by atoms with Crippen molar-refractivity contribution in [2.24, 2.45) is 4.99 Å². The summed E-state index contributed by atoms with van der Waals surface area (Å²) >= 11 is 0. The summed E-state index contributed by atoms with van der Waals surface area (Å²) in [7, 11) is 1.77. The number of rotatable bonds is 9. The van der Waals surface area contributed by atoms with Gasteiger partial charge in [0.2, 0.25) is 5.91 Å². The van der Waals surface area contributed by atoms with Crippen molar-refractivity contribution in [3.8, 4) is 0 Å². The van der Waals surface area contributed by atoms with Gasteiger partial charge in [-0.1, -0.05) is 44.7 Å². The van der Waals surface area contributed by atoms with Crippen LogP contribution in [0.5, 0.6) is 0 Å². The first-order chi connectivity index (χ1) is 13.7. The molecule has 0 saturated heterocycles. The van der Waals surface area contributed by atoms with E-state index < -0.39 is 0 Å². The lowest BCUT2D eigenvalue weighted by Gasteiger charge is -2.17. The molecule has 1 amide bonds. The Kier molecular flexibility index (Phi) is 13.7.